The summed E-state index contributed by atoms with van der Waals surface area (Å²) in [6.07, 6.45) is 0.289. The SMILES string of the molecule is CC(C)N1C(=O)CC(NC(C)C(C)(C)C)C1=O. The van der Waals surface area contributed by atoms with Crippen molar-refractivity contribution in [2.75, 3.05) is 0 Å². The number of imide groups is 1. The Kier molecular flexibility index (Phi) is 3.97. The highest BCUT2D eigenvalue weighted by molar-refractivity contribution is 6.05. The van der Waals surface area contributed by atoms with E-state index >= 15 is 0 Å². The fourth-order valence-electron chi connectivity index (χ4n) is 1.88. The third-order valence-corrected chi connectivity index (χ3v) is 3.45. The highest BCUT2D eigenvalue weighted by atomic mass is 16.2. The van der Waals surface area contributed by atoms with Crippen LogP contribution in [0.25, 0.3) is 0 Å². The molecule has 1 N–H and O–H groups in total. The minimum atomic E-state index is -0.348. The molecule has 2 amide bonds. The van der Waals surface area contributed by atoms with E-state index in [1.165, 1.54) is 4.90 Å². The topological polar surface area (TPSA) is 49.4 Å². The van der Waals surface area contributed by atoms with Crippen molar-refractivity contribution in [1.82, 2.24) is 10.2 Å². The number of amides is 2. The van der Waals surface area contributed by atoms with Crippen molar-refractivity contribution in [3.63, 3.8) is 0 Å². The number of nitrogens with zero attached hydrogens (tertiary/aromatic N) is 1. The number of hydrogen-bond acceptors (Lipinski definition) is 3. The van der Waals surface area contributed by atoms with E-state index in [0.717, 1.165) is 0 Å². The van der Waals surface area contributed by atoms with Crippen LogP contribution >= 0.6 is 0 Å². The molecule has 0 bridgehead atoms. The summed E-state index contributed by atoms with van der Waals surface area (Å²) in [7, 11) is 0. The van der Waals surface area contributed by atoms with E-state index in [1.54, 1.807) is 0 Å². The number of hydrogen-bond donors (Lipinski definition) is 1. The highest BCUT2D eigenvalue weighted by Gasteiger charge is 2.41. The average molecular weight is 240 g/mol. The first-order chi connectivity index (χ1) is 7.64. The van der Waals surface area contributed by atoms with Gasteiger partial charge >= 0.3 is 0 Å². The Morgan fingerprint density at radius 1 is 1.24 bits per heavy atom. The van der Waals surface area contributed by atoms with Gasteiger partial charge in [0.25, 0.3) is 0 Å². The maximum Gasteiger partial charge on any atom is 0.247 e. The molecule has 0 saturated carbocycles. The first-order valence-corrected chi connectivity index (χ1v) is 6.26. The molecule has 0 radical (unpaired) electrons. The summed E-state index contributed by atoms with van der Waals surface area (Å²) in [5, 5.41) is 3.27. The summed E-state index contributed by atoms with van der Waals surface area (Å²) in [6.45, 7) is 12.1. The Labute approximate surface area is 104 Å². The number of nitrogens with one attached hydrogen (secondary N) is 1. The number of carbonyl (C=O) groups is 2. The minimum absolute atomic E-state index is 0.0493. The van der Waals surface area contributed by atoms with Gasteiger partial charge in [-0.2, -0.15) is 0 Å². The first kappa shape index (κ1) is 14.2. The molecule has 4 nitrogen and oxygen atoms in total. The lowest BCUT2D eigenvalue weighted by molar-refractivity contribution is -0.140. The third-order valence-electron chi connectivity index (χ3n) is 3.45. The molecule has 0 aromatic heterocycles. The molecule has 1 saturated heterocycles. The molecule has 1 aliphatic rings. The van der Waals surface area contributed by atoms with Crippen molar-refractivity contribution in [3.8, 4) is 0 Å². The van der Waals surface area contributed by atoms with Crippen LogP contribution in [-0.4, -0.2) is 34.8 Å². The molecule has 0 spiro atoms. The van der Waals surface area contributed by atoms with Crippen LogP contribution in [-0.2, 0) is 9.59 Å². The predicted octanol–water partition coefficient (Wildman–Crippen LogP) is 1.55. The molecule has 4 heteroatoms. The number of carbonyl (C=O) groups excluding carboxylic acids is 2. The quantitative estimate of drug-likeness (QED) is 0.761. The van der Waals surface area contributed by atoms with Gasteiger partial charge in [-0.05, 0) is 26.2 Å². The zero-order valence-corrected chi connectivity index (χ0v) is 11.7. The van der Waals surface area contributed by atoms with E-state index in [0.29, 0.717) is 0 Å². The fourth-order valence-corrected chi connectivity index (χ4v) is 1.88. The fraction of sp³-hybridized carbons (Fsp3) is 0.846. The normalized spacial score (nSPS) is 23.7. The minimum Gasteiger partial charge on any atom is -0.302 e. The zero-order chi connectivity index (χ0) is 13.4. The second kappa shape index (κ2) is 4.77. The van der Waals surface area contributed by atoms with E-state index in [9.17, 15) is 9.59 Å². The summed E-state index contributed by atoms with van der Waals surface area (Å²) in [6, 6.07) is -0.206. The summed E-state index contributed by atoms with van der Waals surface area (Å²) < 4.78 is 0. The summed E-state index contributed by atoms with van der Waals surface area (Å²) in [5.41, 5.74) is 0.0780. The molecular formula is C13H24N2O2. The van der Waals surface area contributed by atoms with E-state index in [-0.39, 0.29) is 41.8 Å². The van der Waals surface area contributed by atoms with Gasteiger partial charge in [-0.15, -0.1) is 0 Å². The van der Waals surface area contributed by atoms with E-state index in [1.807, 2.05) is 13.8 Å². The van der Waals surface area contributed by atoms with Gasteiger partial charge in [0.05, 0.1) is 12.5 Å². The molecule has 0 aromatic rings. The standard InChI is InChI=1S/C13H24N2O2/c1-8(2)15-11(16)7-10(12(15)17)14-9(3)13(4,5)6/h8-10,14H,7H2,1-6H3. The van der Waals surface area contributed by atoms with Crippen LogP contribution in [0.3, 0.4) is 0 Å². The second-order valence-electron chi connectivity index (χ2n) is 6.21. The van der Waals surface area contributed by atoms with Gasteiger partial charge in [0.15, 0.2) is 0 Å². The van der Waals surface area contributed by atoms with Crippen LogP contribution in [0.1, 0.15) is 48.0 Å². The number of likely N-dealkylation sites (tertiary alicyclic amines) is 1. The van der Waals surface area contributed by atoms with Crippen molar-refractivity contribution < 1.29 is 9.59 Å². The van der Waals surface area contributed by atoms with E-state index in [4.69, 9.17) is 0 Å². The first-order valence-electron chi connectivity index (χ1n) is 6.26. The van der Waals surface area contributed by atoms with Gasteiger partial charge < -0.3 is 5.32 Å². The van der Waals surface area contributed by atoms with Crippen molar-refractivity contribution in [3.05, 3.63) is 0 Å². The molecule has 17 heavy (non-hydrogen) atoms. The van der Waals surface area contributed by atoms with Gasteiger partial charge in [-0.3, -0.25) is 14.5 Å². The molecule has 2 unspecified atom stereocenters. The summed E-state index contributed by atoms with van der Waals surface area (Å²) in [5.74, 6) is -0.148. The molecular weight excluding hydrogens is 216 g/mol. The Morgan fingerprint density at radius 2 is 1.76 bits per heavy atom. The van der Waals surface area contributed by atoms with Gasteiger partial charge in [-0.1, -0.05) is 20.8 Å². The summed E-state index contributed by atoms with van der Waals surface area (Å²) >= 11 is 0. The van der Waals surface area contributed by atoms with Crippen LogP contribution in [0.15, 0.2) is 0 Å². The Bertz CT molecular complexity index is 318. The lowest BCUT2D eigenvalue weighted by Gasteiger charge is -2.30. The van der Waals surface area contributed by atoms with Gasteiger partial charge in [-0.25, -0.2) is 0 Å². The van der Waals surface area contributed by atoms with Crippen LogP contribution in [0.2, 0.25) is 0 Å². The zero-order valence-electron chi connectivity index (χ0n) is 11.7. The Hall–Kier alpha value is -0.900. The lowest BCUT2D eigenvalue weighted by atomic mass is 9.87. The van der Waals surface area contributed by atoms with Crippen molar-refractivity contribution in [1.29, 1.82) is 0 Å². The largest absolute Gasteiger partial charge is 0.302 e. The highest BCUT2D eigenvalue weighted by Crippen LogP contribution is 2.22. The van der Waals surface area contributed by atoms with Crippen LogP contribution in [0.4, 0.5) is 0 Å². The second-order valence-corrected chi connectivity index (χ2v) is 6.21. The monoisotopic (exact) mass is 240 g/mol. The van der Waals surface area contributed by atoms with E-state index < -0.39 is 0 Å². The Balaban J connectivity index is 2.70. The molecule has 2 atom stereocenters. The van der Waals surface area contributed by atoms with Crippen molar-refractivity contribution in [2.45, 2.75) is 66.1 Å². The molecule has 1 aliphatic heterocycles. The molecule has 1 rings (SSSR count). The van der Waals surface area contributed by atoms with Crippen molar-refractivity contribution >= 4 is 11.8 Å². The maximum atomic E-state index is 12.1. The third kappa shape index (κ3) is 3.06. The molecule has 98 valence electrons. The molecule has 0 aromatic carbocycles. The van der Waals surface area contributed by atoms with Crippen LogP contribution < -0.4 is 5.32 Å². The predicted molar refractivity (Wildman–Crippen MR) is 67.4 cm³/mol. The number of rotatable bonds is 3. The smallest absolute Gasteiger partial charge is 0.247 e. The van der Waals surface area contributed by atoms with Gasteiger partial charge in [0.1, 0.15) is 0 Å². The lowest BCUT2D eigenvalue weighted by Crippen LogP contribution is -2.48. The maximum absolute atomic E-state index is 12.1. The van der Waals surface area contributed by atoms with Crippen molar-refractivity contribution in [2.24, 2.45) is 5.41 Å². The molecule has 1 fully saturated rings. The van der Waals surface area contributed by atoms with Crippen LogP contribution in [0.5, 0.6) is 0 Å². The van der Waals surface area contributed by atoms with Crippen LogP contribution in [0, 0.1) is 5.41 Å². The summed E-state index contributed by atoms with van der Waals surface area (Å²) in [4.78, 5) is 25.2. The van der Waals surface area contributed by atoms with Gasteiger partial charge in [0, 0.05) is 12.1 Å². The Morgan fingerprint density at radius 3 is 2.12 bits per heavy atom. The molecule has 0 aliphatic carbocycles. The molecule has 1 heterocycles. The average Bonchev–Trinajstić information content (AvgIpc) is 2.40. The van der Waals surface area contributed by atoms with E-state index in [2.05, 4.69) is 33.0 Å². The van der Waals surface area contributed by atoms with Gasteiger partial charge in [0.2, 0.25) is 11.8 Å².